The topological polar surface area (TPSA) is 61.2 Å². The first-order valence-electron chi connectivity index (χ1n) is 10.9. The van der Waals surface area contributed by atoms with Gasteiger partial charge in [0.05, 0.1) is 29.0 Å². The maximum absolute atomic E-state index is 14.0. The molecule has 2 aromatic carbocycles. The number of thiophene rings is 1. The summed E-state index contributed by atoms with van der Waals surface area (Å²) in [6.07, 6.45) is 0.668. The molecule has 1 aliphatic heterocycles. The molecule has 0 atom stereocenters. The van der Waals surface area contributed by atoms with E-state index in [2.05, 4.69) is 15.9 Å². The number of nitrogens with zero attached hydrogens (tertiary/aromatic N) is 2. The van der Waals surface area contributed by atoms with E-state index in [0.717, 1.165) is 26.2 Å². The summed E-state index contributed by atoms with van der Waals surface area (Å²) in [7, 11) is 0. The van der Waals surface area contributed by atoms with Gasteiger partial charge in [0.25, 0.3) is 5.56 Å². The molecule has 0 aliphatic carbocycles. The van der Waals surface area contributed by atoms with Crippen molar-refractivity contribution in [2.45, 2.75) is 44.6 Å². The number of benzene rings is 2. The van der Waals surface area contributed by atoms with E-state index in [9.17, 15) is 9.59 Å². The number of Topliss-reactive ketones (excluding diaryl/α,β-unsaturated/α-hetero) is 1. The second kappa shape index (κ2) is 9.07. The predicted molar refractivity (Wildman–Crippen MR) is 142 cm³/mol. The first kappa shape index (κ1) is 23.5. The lowest BCUT2D eigenvalue weighted by molar-refractivity contribution is -0.0379. The number of para-hydroxylation sites is 1. The van der Waals surface area contributed by atoms with Crippen LogP contribution in [-0.2, 0) is 17.8 Å². The molecule has 0 amide bonds. The lowest BCUT2D eigenvalue weighted by Gasteiger charge is -2.30. The summed E-state index contributed by atoms with van der Waals surface area (Å²) in [5.41, 5.74) is 3.01. The number of thioether (sulfide) groups is 1. The summed E-state index contributed by atoms with van der Waals surface area (Å²) in [5.74, 6) is 0.177. The Morgan fingerprint density at radius 3 is 2.68 bits per heavy atom. The summed E-state index contributed by atoms with van der Waals surface area (Å²) < 4.78 is 8.58. The maximum atomic E-state index is 14.0. The normalized spacial score (nSPS) is 14.8. The van der Waals surface area contributed by atoms with E-state index in [1.54, 1.807) is 16.7 Å². The molecule has 0 radical (unpaired) electrons. The number of rotatable bonds is 5. The van der Waals surface area contributed by atoms with Crippen LogP contribution in [0.4, 0.5) is 0 Å². The van der Waals surface area contributed by atoms with Crippen LogP contribution in [0.1, 0.15) is 40.2 Å². The summed E-state index contributed by atoms with van der Waals surface area (Å²) in [5, 5.41) is 1.19. The Labute approximate surface area is 214 Å². The molecule has 0 saturated heterocycles. The Kier molecular flexibility index (Phi) is 6.27. The Bertz CT molecular complexity index is 1470. The zero-order valence-corrected chi connectivity index (χ0v) is 22.3. The van der Waals surface area contributed by atoms with Crippen LogP contribution in [0.25, 0.3) is 15.9 Å². The first-order chi connectivity index (χ1) is 16.2. The second-order valence-corrected chi connectivity index (χ2v) is 11.9. The minimum Gasteiger partial charge on any atom is -0.370 e. The van der Waals surface area contributed by atoms with E-state index in [-0.39, 0.29) is 22.7 Å². The fourth-order valence-corrected chi connectivity index (χ4v) is 6.46. The smallest absolute Gasteiger partial charge is 0.267 e. The number of carbonyl (C=O) groups is 1. The van der Waals surface area contributed by atoms with Gasteiger partial charge in [-0.05, 0) is 50.1 Å². The molecule has 5 nitrogen and oxygen atoms in total. The number of aryl methyl sites for hydroxylation is 1. The molecule has 3 heterocycles. The third-order valence-corrected chi connectivity index (χ3v) is 8.50. The number of hydrogen-bond donors (Lipinski definition) is 0. The van der Waals surface area contributed by atoms with Gasteiger partial charge in [0, 0.05) is 21.3 Å². The van der Waals surface area contributed by atoms with Crippen molar-refractivity contribution in [1.82, 2.24) is 9.55 Å². The molecule has 4 aromatic rings. The number of fused-ring (bicyclic) bond motifs is 3. The van der Waals surface area contributed by atoms with E-state index in [4.69, 9.17) is 9.72 Å². The van der Waals surface area contributed by atoms with Gasteiger partial charge in [-0.2, -0.15) is 0 Å². The van der Waals surface area contributed by atoms with E-state index in [1.165, 1.54) is 23.1 Å². The summed E-state index contributed by atoms with van der Waals surface area (Å²) in [4.78, 5) is 33.5. The Hall–Kier alpha value is -2.26. The number of carbonyl (C=O) groups excluding carboxylic acids is 1. The average molecular weight is 556 g/mol. The monoisotopic (exact) mass is 554 g/mol. The van der Waals surface area contributed by atoms with Crippen molar-refractivity contribution in [2.24, 2.45) is 0 Å². The lowest BCUT2D eigenvalue weighted by Crippen LogP contribution is -2.32. The zero-order valence-electron chi connectivity index (χ0n) is 19.1. The van der Waals surface area contributed by atoms with Gasteiger partial charge in [0.2, 0.25) is 0 Å². The standard InChI is InChI=1S/C26H23BrN2O3S2/c1-15-6-4-5-7-19(15)29-24(31)22-18-12-26(2,3)32-13-21(18)34-23(22)28-25(29)33-14-20(30)16-8-10-17(27)11-9-16/h4-11H,12-14H2,1-3H3. The van der Waals surface area contributed by atoms with Crippen LogP contribution < -0.4 is 5.56 Å². The average Bonchev–Trinajstić information content (AvgIpc) is 3.15. The fraction of sp³-hybridized carbons (Fsp3) is 0.269. The van der Waals surface area contributed by atoms with Gasteiger partial charge in [0.15, 0.2) is 10.9 Å². The summed E-state index contributed by atoms with van der Waals surface area (Å²) in [6, 6.07) is 15.1. The number of halogens is 1. The van der Waals surface area contributed by atoms with Gasteiger partial charge in [-0.3, -0.25) is 14.2 Å². The molecule has 8 heteroatoms. The summed E-state index contributed by atoms with van der Waals surface area (Å²) in [6.45, 7) is 6.56. The van der Waals surface area contributed by atoms with Crippen molar-refractivity contribution in [3.63, 3.8) is 0 Å². The minimum absolute atomic E-state index is 0.0104. The van der Waals surface area contributed by atoms with Gasteiger partial charge in [-0.1, -0.05) is 58.0 Å². The van der Waals surface area contributed by atoms with Gasteiger partial charge in [-0.25, -0.2) is 4.98 Å². The SMILES string of the molecule is Cc1ccccc1-n1c(SCC(=O)c2ccc(Br)cc2)nc2sc3c(c2c1=O)CC(C)(C)OC3. The van der Waals surface area contributed by atoms with Crippen LogP contribution in [-0.4, -0.2) is 26.7 Å². The molecular formula is C26H23BrN2O3S2. The van der Waals surface area contributed by atoms with Gasteiger partial charge in [-0.15, -0.1) is 11.3 Å². The Morgan fingerprint density at radius 2 is 1.94 bits per heavy atom. The van der Waals surface area contributed by atoms with E-state index >= 15 is 0 Å². The highest BCUT2D eigenvalue weighted by Gasteiger charge is 2.31. The molecule has 0 fully saturated rings. The molecular weight excluding hydrogens is 532 g/mol. The molecule has 174 valence electrons. The highest BCUT2D eigenvalue weighted by Crippen LogP contribution is 2.38. The van der Waals surface area contributed by atoms with Crippen molar-refractivity contribution in [3.8, 4) is 5.69 Å². The van der Waals surface area contributed by atoms with E-state index in [1.807, 2.05) is 57.2 Å². The molecule has 0 bridgehead atoms. The van der Waals surface area contributed by atoms with E-state index < -0.39 is 0 Å². The van der Waals surface area contributed by atoms with E-state index in [0.29, 0.717) is 34.0 Å². The maximum Gasteiger partial charge on any atom is 0.267 e. The number of aromatic nitrogens is 2. The molecule has 1 aliphatic rings. The fourth-order valence-electron chi connectivity index (χ4n) is 4.15. The Morgan fingerprint density at radius 1 is 1.21 bits per heavy atom. The lowest BCUT2D eigenvalue weighted by atomic mass is 9.94. The molecule has 34 heavy (non-hydrogen) atoms. The van der Waals surface area contributed by atoms with Crippen LogP contribution in [0.3, 0.4) is 0 Å². The van der Waals surface area contributed by atoms with Crippen molar-refractivity contribution in [3.05, 3.63) is 84.9 Å². The first-order valence-corrected chi connectivity index (χ1v) is 13.5. The molecule has 0 saturated carbocycles. The van der Waals surface area contributed by atoms with Crippen molar-refractivity contribution in [2.75, 3.05) is 5.75 Å². The van der Waals surface area contributed by atoms with Gasteiger partial charge < -0.3 is 4.74 Å². The molecule has 0 unspecified atom stereocenters. The van der Waals surface area contributed by atoms with Gasteiger partial charge >= 0.3 is 0 Å². The number of ether oxygens (including phenoxy) is 1. The highest BCUT2D eigenvalue weighted by atomic mass is 79.9. The van der Waals surface area contributed by atoms with Crippen LogP contribution >= 0.6 is 39.0 Å². The second-order valence-electron chi connectivity index (χ2n) is 8.95. The van der Waals surface area contributed by atoms with Crippen LogP contribution in [0.15, 0.2) is 63.0 Å². The molecule has 5 rings (SSSR count). The van der Waals surface area contributed by atoms with Crippen LogP contribution in [0, 0.1) is 6.92 Å². The quantitative estimate of drug-likeness (QED) is 0.163. The van der Waals surface area contributed by atoms with Crippen LogP contribution in [0.2, 0.25) is 0 Å². The Balaban J connectivity index is 1.62. The number of ketones is 1. The molecule has 0 spiro atoms. The largest absolute Gasteiger partial charge is 0.370 e. The predicted octanol–water partition coefficient (Wildman–Crippen LogP) is 6.34. The highest BCUT2D eigenvalue weighted by molar-refractivity contribution is 9.10. The number of hydrogen-bond acceptors (Lipinski definition) is 6. The summed E-state index contributed by atoms with van der Waals surface area (Å²) >= 11 is 6.22. The van der Waals surface area contributed by atoms with Crippen molar-refractivity contribution >= 4 is 55.0 Å². The van der Waals surface area contributed by atoms with Crippen LogP contribution in [0.5, 0.6) is 0 Å². The zero-order chi connectivity index (χ0) is 24.0. The molecule has 2 aromatic heterocycles. The van der Waals surface area contributed by atoms with Gasteiger partial charge in [0.1, 0.15) is 4.83 Å². The van der Waals surface area contributed by atoms with Crippen molar-refractivity contribution in [1.29, 1.82) is 0 Å². The van der Waals surface area contributed by atoms with Crippen molar-refractivity contribution < 1.29 is 9.53 Å². The molecule has 0 N–H and O–H groups in total. The minimum atomic E-state index is -0.328. The third-order valence-electron chi connectivity index (χ3n) is 5.93. The third kappa shape index (κ3) is 4.40.